The highest BCUT2D eigenvalue weighted by Crippen LogP contribution is 2.37. The van der Waals surface area contributed by atoms with Crippen LogP contribution in [0.3, 0.4) is 0 Å². The first kappa shape index (κ1) is 24.8. The lowest BCUT2D eigenvalue weighted by Gasteiger charge is -2.25. The highest BCUT2D eigenvalue weighted by Gasteiger charge is 2.25. The molecule has 0 unspecified atom stereocenters. The number of nitrogens with zero attached hydrogens (tertiary/aromatic N) is 2. The second-order valence-electron chi connectivity index (χ2n) is 7.11. The van der Waals surface area contributed by atoms with E-state index in [1.165, 1.54) is 18.8 Å². The maximum absolute atomic E-state index is 13.9. The lowest BCUT2D eigenvalue weighted by Crippen LogP contribution is -2.32. The van der Waals surface area contributed by atoms with Crippen molar-refractivity contribution in [1.29, 1.82) is 0 Å². The Kier molecular flexibility index (Phi) is 8.91. The molecule has 1 amide bonds. The highest BCUT2D eigenvalue weighted by molar-refractivity contribution is 9.09. The number of anilines is 2. The van der Waals surface area contributed by atoms with Crippen molar-refractivity contribution in [2.24, 2.45) is 0 Å². The van der Waals surface area contributed by atoms with Gasteiger partial charge in [0.1, 0.15) is 5.75 Å². The van der Waals surface area contributed by atoms with Crippen LogP contribution in [0.2, 0.25) is 0 Å². The maximum atomic E-state index is 13.9. The molecule has 0 heterocycles. The fourth-order valence-electron chi connectivity index (χ4n) is 3.43. The van der Waals surface area contributed by atoms with Gasteiger partial charge in [0.2, 0.25) is 0 Å². The third-order valence-corrected chi connectivity index (χ3v) is 6.48. The van der Waals surface area contributed by atoms with Gasteiger partial charge in [0, 0.05) is 55.7 Å². The number of benzene rings is 3. The molecule has 0 saturated heterocycles. The van der Waals surface area contributed by atoms with Crippen molar-refractivity contribution < 1.29 is 14.3 Å². The van der Waals surface area contributed by atoms with Crippen LogP contribution >= 0.6 is 27.7 Å². The number of hydrogen-bond donors (Lipinski definition) is 1. The van der Waals surface area contributed by atoms with Gasteiger partial charge in [-0.3, -0.25) is 4.79 Å². The van der Waals surface area contributed by atoms with Crippen LogP contribution < -0.4 is 15.0 Å². The van der Waals surface area contributed by atoms with Crippen LogP contribution in [0.5, 0.6) is 5.75 Å². The molecule has 8 heteroatoms. The predicted octanol–water partition coefficient (Wildman–Crippen LogP) is 6.36. The summed E-state index contributed by atoms with van der Waals surface area (Å²) in [5.74, 6) is 0.531. The van der Waals surface area contributed by atoms with E-state index >= 15 is 0 Å². The molecule has 1 N–H and O–H groups in total. The number of nitrogens with one attached hydrogen (secondary N) is 1. The van der Waals surface area contributed by atoms with Gasteiger partial charge in [-0.15, -0.1) is 0 Å². The van der Waals surface area contributed by atoms with E-state index in [2.05, 4.69) is 21.2 Å². The zero-order valence-electron chi connectivity index (χ0n) is 18.9. The molecule has 0 atom stereocenters. The summed E-state index contributed by atoms with van der Waals surface area (Å²) >= 11 is 4.94. The molecular formula is C25H27BrN3O3S+. The second-order valence-corrected chi connectivity index (χ2v) is 9.02. The van der Waals surface area contributed by atoms with E-state index in [1.54, 1.807) is 24.1 Å². The molecule has 33 heavy (non-hydrogen) atoms. The van der Waals surface area contributed by atoms with Gasteiger partial charge < -0.3 is 15.0 Å². The third-order valence-electron chi connectivity index (χ3n) is 5.02. The number of hydrogen-bond acceptors (Lipinski definition) is 5. The first-order valence-corrected chi connectivity index (χ1v) is 12.5. The number of amides is 1. The Hall–Kier alpha value is -2.84. The van der Waals surface area contributed by atoms with Crippen LogP contribution in [0.1, 0.15) is 17.3 Å². The predicted molar refractivity (Wildman–Crippen MR) is 139 cm³/mol. The fraction of sp³-hybridized carbons (Fsp3) is 0.240. The van der Waals surface area contributed by atoms with Gasteiger partial charge in [-0.1, -0.05) is 45.9 Å². The Balaban J connectivity index is 2.05. The van der Waals surface area contributed by atoms with Crippen molar-refractivity contribution in [1.82, 2.24) is 0 Å². The zero-order valence-corrected chi connectivity index (χ0v) is 21.3. The summed E-state index contributed by atoms with van der Waals surface area (Å²) in [6, 6.07) is 20.7. The molecule has 6 nitrogen and oxygen atoms in total. The largest absolute Gasteiger partial charge is 0.495 e. The average Bonchev–Trinajstić information content (AvgIpc) is 2.83. The molecule has 0 fully saturated rings. The molecule has 172 valence electrons. The summed E-state index contributed by atoms with van der Waals surface area (Å²) in [5, 5.41) is 4.12. The number of carbonyl (C=O) groups excluding carboxylic acids is 1. The standard InChI is InChI=1S/C25H26BrN3O3S/c1-4-29(21-9-5-6-10-22(21)32-3)25(30)24-20(27-17-16-26)8-7-11-23(24)33-19-14-12-18(13-15-19)28(2)31/h5-15H,4,16-17H2,1-3H3/p+1. The van der Waals surface area contributed by atoms with E-state index in [0.29, 0.717) is 30.1 Å². The van der Waals surface area contributed by atoms with E-state index in [9.17, 15) is 9.70 Å². The van der Waals surface area contributed by atoms with Gasteiger partial charge in [0.05, 0.1) is 18.4 Å². The maximum Gasteiger partial charge on any atom is 0.261 e. The van der Waals surface area contributed by atoms with Crippen molar-refractivity contribution in [3.63, 3.8) is 0 Å². The molecule has 3 aromatic carbocycles. The molecule has 0 bridgehead atoms. The van der Waals surface area contributed by atoms with Gasteiger partial charge in [-0.25, -0.2) is 0 Å². The summed E-state index contributed by atoms with van der Waals surface area (Å²) in [4.78, 5) is 29.0. The van der Waals surface area contributed by atoms with E-state index in [1.807, 2.05) is 61.5 Å². The fourth-order valence-corrected chi connectivity index (χ4v) is 4.60. The minimum absolute atomic E-state index is 0.113. The molecule has 0 aliphatic heterocycles. The summed E-state index contributed by atoms with van der Waals surface area (Å²) < 4.78 is 6.34. The Morgan fingerprint density at radius 2 is 1.82 bits per heavy atom. The Bertz CT molecular complexity index is 1120. The molecule has 0 saturated carbocycles. The lowest BCUT2D eigenvalue weighted by atomic mass is 10.1. The molecule has 0 radical (unpaired) electrons. The van der Waals surface area contributed by atoms with Crippen LogP contribution in [0.4, 0.5) is 17.1 Å². The molecule has 0 aromatic heterocycles. The summed E-state index contributed by atoms with van der Waals surface area (Å²) in [6.07, 6.45) is 0. The first-order chi connectivity index (χ1) is 16.0. The molecule has 0 aliphatic carbocycles. The van der Waals surface area contributed by atoms with Gasteiger partial charge in [-0.2, -0.15) is 0 Å². The van der Waals surface area contributed by atoms with Crippen molar-refractivity contribution in [2.45, 2.75) is 16.7 Å². The summed E-state index contributed by atoms with van der Waals surface area (Å²) in [6.45, 7) is 3.12. The van der Waals surface area contributed by atoms with Crippen LogP contribution in [-0.4, -0.2) is 43.2 Å². The second kappa shape index (κ2) is 11.9. The number of methoxy groups -OCH3 is 1. The molecule has 0 spiro atoms. The normalized spacial score (nSPS) is 10.5. The lowest BCUT2D eigenvalue weighted by molar-refractivity contribution is -0.428. The van der Waals surface area contributed by atoms with E-state index in [-0.39, 0.29) is 5.91 Å². The molecule has 0 aliphatic rings. The summed E-state index contributed by atoms with van der Waals surface area (Å²) in [7, 11) is 3.07. The van der Waals surface area contributed by atoms with Crippen LogP contribution in [0, 0.1) is 4.91 Å². The molecular weight excluding hydrogens is 502 g/mol. The summed E-state index contributed by atoms with van der Waals surface area (Å²) in [5.41, 5.74) is 2.67. The van der Waals surface area contributed by atoms with Crippen molar-refractivity contribution in [3.8, 4) is 5.75 Å². The van der Waals surface area contributed by atoms with E-state index in [4.69, 9.17) is 4.74 Å². The number of rotatable bonds is 10. The van der Waals surface area contributed by atoms with Gasteiger partial charge in [0.15, 0.2) is 7.05 Å². The van der Waals surface area contributed by atoms with E-state index in [0.717, 1.165) is 31.3 Å². The average molecular weight is 529 g/mol. The van der Waals surface area contributed by atoms with Gasteiger partial charge in [-0.05, 0) is 43.3 Å². The topological polar surface area (TPSA) is 61.7 Å². The van der Waals surface area contributed by atoms with Gasteiger partial charge >= 0.3 is 0 Å². The van der Waals surface area contributed by atoms with Crippen LogP contribution in [-0.2, 0) is 0 Å². The molecule has 3 aromatic rings. The molecule has 3 rings (SSSR count). The van der Waals surface area contributed by atoms with Gasteiger partial charge in [0.25, 0.3) is 11.6 Å². The van der Waals surface area contributed by atoms with Crippen molar-refractivity contribution in [2.75, 3.05) is 42.8 Å². The SMILES string of the molecule is CCN(C(=O)c1c(NCCBr)cccc1Sc1ccc([N+](C)=O)cc1)c1ccccc1OC. The Morgan fingerprint density at radius 1 is 1.09 bits per heavy atom. The Morgan fingerprint density at radius 3 is 2.45 bits per heavy atom. The number of alkyl halides is 1. The van der Waals surface area contributed by atoms with E-state index < -0.39 is 0 Å². The Labute approximate surface area is 207 Å². The number of ether oxygens (including phenoxy) is 1. The quantitative estimate of drug-likeness (QED) is 0.245. The van der Waals surface area contributed by atoms with Crippen molar-refractivity contribution in [3.05, 3.63) is 77.2 Å². The number of para-hydroxylation sites is 2. The monoisotopic (exact) mass is 528 g/mol. The number of halogens is 1. The number of nitroso groups, excluding NO2 is 1. The zero-order chi connectivity index (χ0) is 23.8. The van der Waals surface area contributed by atoms with Crippen LogP contribution in [0.15, 0.2) is 76.5 Å². The third kappa shape index (κ3) is 5.94. The smallest absolute Gasteiger partial charge is 0.261 e. The number of carbonyl (C=O) groups is 1. The minimum atomic E-state index is -0.113. The minimum Gasteiger partial charge on any atom is -0.495 e. The van der Waals surface area contributed by atoms with Crippen molar-refractivity contribution >= 4 is 50.7 Å². The first-order valence-electron chi connectivity index (χ1n) is 10.6. The highest BCUT2D eigenvalue weighted by atomic mass is 79.9. The van der Waals surface area contributed by atoms with Crippen LogP contribution in [0.25, 0.3) is 0 Å².